The van der Waals surface area contributed by atoms with Crippen LogP contribution < -0.4 is 14.7 Å². The number of aryl methyl sites for hydroxylation is 1. The van der Waals surface area contributed by atoms with Crippen LogP contribution in [0.3, 0.4) is 0 Å². The molecule has 5 heterocycles. The molecule has 1 unspecified atom stereocenters. The second kappa shape index (κ2) is 11.5. The first-order chi connectivity index (χ1) is 19.5. The molecule has 210 valence electrons. The summed E-state index contributed by atoms with van der Waals surface area (Å²) >= 11 is 0. The number of ether oxygens (including phenoxy) is 2. The van der Waals surface area contributed by atoms with Crippen LogP contribution in [0.15, 0.2) is 30.6 Å². The minimum Gasteiger partial charge on any atom is -0.380 e. The number of nitriles is 1. The fraction of sp³-hybridized carbons (Fsp3) is 0.552. The first kappa shape index (κ1) is 26.6. The highest BCUT2D eigenvalue weighted by atomic mass is 16.5. The van der Waals surface area contributed by atoms with E-state index in [9.17, 15) is 5.26 Å². The lowest BCUT2D eigenvalue weighted by Gasteiger charge is -2.42. The molecule has 11 heteroatoms. The summed E-state index contributed by atoms with van der Waals surface area (Å²) in [6, 6.07) is 8.16. The van der Waals surface area contributed by atoms with E-state index in [1.807, 2.05) is 19.1 Å². The maximum atomic E-state index is 9.52. The number of aromatic nitrogens is 4. The molecule has 3 aliphatic heterocycles. The summed E-state index contributed by atoms with van der Waals surface area (Å²) in [5, 5.41) is 9.52. The number of benzene rings is 1. The zero-order valence-electron chi connectivity index (χ0n) is 23.5. The second-order valence-corrected chi connectivity index (χ2v) is 11.0. The molecular weight excluding hydrogens is 506 g/mol. The molecule has 0 radical (unpaired) electrons. The summed E-state index contributed by atoms with van der Waals surface area (Å²) in [6.45, 7) is 12.0. The third-order valence-electron chi connectivity index (χ3n) is 8.14. The van der Waals surface area contributed by atoms with Gasteiger partial charge in [0.15, 0.2) is 0 Å². The Kier molecular flexibility index (Phi) is 7.65. The summed E-state index contributed by atoms with van der Waals surface area (Å²) in [5.74, 6) is 1.81. The van der Waals surface area contributed by atoms with Crippen LogP contribution in [-0.4, -0.2) is 109 Å². The van der Waals surface area contributed by atoms with Crippen molar-refractivity contribution in [1.29, 1.82) is 5.26 Å². The van der Waals surface area contributed by atoms with Gasteiger partial charge in [0.2, 0.25) is 5.95 Å². The molecule has 0 amide bonds. The molecule has 0 N–H and O–H groups in total. The van der Waals surface area contributed by atoms with Gasteiger partial charge in [-0.1, -0.05) is 0 Å². The summed E-state index contributed by atoms with van der Waals surface area (Å²) in [4.78, 5) is 28.2. The first-order valence-corrected chi connectivity index (χ1v) is 14.2. The molecule has 0 saturated carbocycles. The van der Waals surface area contributed by atoms with E-state index >= 15 is 0 Å². The largest absolute Gasteiger partial charge is 0.380 e. The van der Waals surface area contributed by atoms with Gasteiger partial charge in [0.1, 0.15) is 22.9 Å². The number of hydrogen-bond acceptors (Lipinski definition) is 11. The quantitative estimate of drug-likeness (QED) is 0.457. The topological polar surface area (TPSA) is 107 Å². The van der Waals surface area contributed by atoms with Gasteiger partial charge in [-0.15, -0.1) is 0 Å². The maximum absolute atomic E-state index is 9.52. The average molecular weight is 544 g/mol. The molecule has 3 atom stereocenters. The van der Waals surface area contributed by atoms with Crippen molar-refractivity contribution in [2.24, 2.45) is 0 Å². The van der Waals surface area contributed by atoms with Crippen LogP contribution in [0.5, 0.6) is 0 Å². The highest BCUT2D eigenvalue weighted by Gasteiger charge is 2.30. The van der Waals surface area contributed by atoms with Gasteiger partial charge in [-0.05, 0) is 32.4 Å². The Hall–Kier alpha value is -3.59. The molecule has 1 aromatic carbocycles. The van der Waals surface area contributed by atoms with Crippen molar-refractivity contribution in [1.82, 2.24) is 24.8 Å². The molecule has 0 bridgehead atoms. The van der Waals surface area contributed by atoms with E-state index < -0.39 is 0 Å². The van der Waals surface area contributed by atoms with E-state index in [1.165, 1.54) is 0 Å². The van der Waals surface area contributed by atoms with E-state index in [1.54, 1.807) is 19.5 Å². The van der Waals surface area contributed by atoms with Gasteiger partial charge in [-0.2, -0.15) is 10.2 Å². The molecule has 3 aromatic rings. The van der Waals surface area contributed by atoms with Crippen LogP contribution >= 0.6 is 0 Å². The standard InChI is InChI=1S/C29H37N9O2/c1-20-14-26(37-9-6-23(18-37)39-3)34-29(33-20)36-12-10-35(11-13-36)17-24-19-38(16-21(2)40-24)25-5-4-22(15-30)27-28(25)32-8-7-31-27/h4-5,7-8,14,21,23-24H,6,9-13,16-19H2,1-3H3/t21-,23?,24+/m1/s1. The highest BCUT2D eigenvalue weighted by Crippen LogP contribution is 2.29. The Labute approximate surface area is 235 Å². The second-order valence-electron chi connectivity index (χ2n) is 11.0. The fourth-order valence-electron chi connectivity index (χ4n) is 6.12. The molecule has 40 heavy (non-hydrogen) atoms. The molecule has 2 aromatic heterocycles. The smallest absolute Gasteiger partial charge is 0.227 e. The van der Waals surface area contributed by atoms with Crippen LogP contribution in [-0.2, 0) is 9.47 Å². The molecule has 0 spiro atoms. The number of hydrogen-bond donors (Lipinski definition) is 0. The van der Waals surface area contributed by atoms with Gasteiger partial charge >= 0.3 is 0 Å². The van der Waals surface area contributed by atoms with Crippen LogP contribution in [0, 0.1) is 18.3 Å². The highest BCUT2D eigenvalue weighted by molar-refractivity contribution is 5.92. The number of morpholine rings is 1. The molecular formula is C29H37N9O2. The van der Waals surface area contributed by atoms with Gasteiger partial charge in [0, 0.05) is 90.2 Å². The number of piperazine rings is 1. The number of nitrogens with zero attached hydrogens (tertiary/aromatic N) is 9. The Morgan fingerprint density at radius 3 is 2.52 bits per heavy atom. The minimum absolute atomic E-state index is 0.0726. The molecule has 3 saturated heterocycles. The van der Waals surface area contributed by atoms with Crippen molar-refractivity contribution in [2.45, 2.75) is 38.6 Å². The van der Waals surface area contributed by atoms with Crippen molar-refractivity contribution in [2.75, 3.05) is 80.7 Å². The summed E-state index contributed by atoms with van der Waals surface area (Å²) in [5.41, 5.74) is 3.97. The summed E-state index contributed by atoms with van der Waals surface area (Å²) in [7, 11) is 1.78. The van der Waals surface area contributed by atoms with E-state index in [4.69, 9.17) is 19.4 Å². The van der Waals surface area contributed by atoms with Crippen LogP contribution in [0.2, 0.25) is 0 Å². The Bertz CT molecular complexity index is 1390. The van der Waals surface area contributed by atoms with Gasteiger partial charge in [-0.25, -0.2) is 4.98 Å². The third kappa shape index (κ3) is 5.52. The number of fused-ring (bicyclic) bond motifs is 1. The third-order valence-corrected chi connectivity index (χ3v) is 8.14. The molecule has 6 rings (SSSR count). The Morgan fingerprint density at radius 2 is 1.77 bits per heavy atom. The summed E-state index contributed by atoms with van der Waals surface area (Å²) in [6.07, 6.45) is 4.79. The van der Waals surface area contributed by atoms with Crippen molar-refractivity contribution in [3.63, 3.8) is 0 Å². The monoisotopic (exact) mass is 543 g/mol. The summed E-state index contributed by atoms with van der Waals surface area (Å²) < 4.78 is 11.9. The lowest BCUT2D eigenvalue weighted by molar-refractivity contribution is -0.0327. The average Bonchev–Trinajstić information content (AvgIpc) is 3.46. The molecule has 11 nitrogen and oxygen atoms in total. The van der Waals surface area contributed by atoms with E-state index in [0.29, 0.717) is 11.1 Å². The van der Waals surface area contributed by atoms with Crippen molar-refractivity contribution < 1.29 is 9.47 Å². The van der Waals surface area contributed by atoms with Crippen LogP contribution in [0.1, 0.15) is 24.6 Å². The number of rotatable bonds is 6. The van der Waals surface area contributed by atoms with Gasteiger partial charge in [0.25, 0.3) is 0 Å². The Morgan fingerprint density at radius 1 is 0.975 bits per heavy atom. The fourth-order valence-corrected chi connectivity index (χ4v) is 6.12. The lowest BCUT2D eigenvalue weighted by atomic mass is 10.1. The minimum atomic E-state index is 0.0726. The lowest BCUT2D eigenvalue weighted by Crippen LogP contribution is -2.54. The van der Waals surface area contributed by atoms with Crippen molar-refractivity contribution in [3.05, 3.63) is 41.9 Å². The van der Waals surface area contributed by atoms with Crippen molar-refractivity contribution >= 4 is 28.5 Å². The molecule has 3 aliphatic rings. The van der Waals surface area contributed by atoms with Crippen LogP contribution in [0.4, 0.5) is 17.5 Å². The number of methoxy groups -OCH3 is 1. The maximum Gasteiger partial charge on any atom is 0.227 e. The molecule has 0 aliphatic carbocycles. The van der Waals surface area contributed by atoms with E-state index in [0.717, 1.165) is 94.0 Å². The zero-order valence-corrected chi connectivity index (χ0v) is 23.5. The molecule has 3 fully saturated rings. The van der Waals surface area contributed by atoms with Crippen molar-refractivity contribution in [3.8, 4) is 6.07 Å². The van der Waals surface area contributed by atoms with Gasteiger partial charge in [-0.3, -0.25) is 14.9 Å². The normalized spacial score (nSPS) is 24.1. The first-order valence-electron chi connectivity index (χ1n) is 14.2. The SMILES string of the molecule is COC1CCN(c2cc(C)nc(N3CCN(C[C@H]4CN(c5ccc(C#N)c6nccnc56)C[C@@H](C)O4)CC3)n2)C1. The predicted molar refractivity (Wildman–Crippen MR) is 154 cm³/mol. The predicted octanol–water partition coefficient (Wildman–Crippen LogP) is 2.24. The van der Waals surface area contributed by atoms with Gasteiger partial charge < -0.3 is 24.2 Å². The Balaban J connectivity index is 1.09. The van der Waals surface area contributed by atoms with Gasteiger partial charge in [0.05, 0.1) is 29.6 Å². The number of anilines is 3. The van der Waals surface area contributed by atoms with E-state index in [-0.39, 0.29) is 18.3 Å². The van der Waals surface area contributed by atoms with E-state index in [2.05, 4.69) is 48.6 Å². The van der Waals surface area contributed by atoms with Crippen LogP contribution in [0.25, 0.3) is 11.0 Å². The zero-order chi connectivity index (χ0) is 27.6.